The first-order chi connectivity index (χ1) is 11.8. The largest absolute Gasteiger partial charge is 0.361 e. The molecule has 0 fully saturated rings. The molecular weight excluding hydrogens is 512 g/mol. The normalized spacial score (nSPS) is 12.1. The highest BCUT2D eigenvalue weighted by molar-refractivity contribution is 9.13. The van der Waals surface area contributed by atoms with Crippen LogP contribution in [0.15, 0.2) is 13.9 Å². The zero-order valence-electron chi connectivity index (χ0n) is 15.9. The summed E-state index contributed by atoms with van der Waals surface area (Å²) in [6.45, 7) is 8.34. The maximum atomic E-state index is 5.74. The second kappa shape index (κ2) is 12.9. The van der Waals surface area contributed by atoms with Gasteiger partial charge in [0.05, 0.1) is 0 Å². The fraction of sp³-hybridized carbons (Fsp3) is 0.842. The van der Waals surface area contributed by atoms with Gasteiger partial charge in [0, 0.05) is 6.61 Å². The van der Waals surface area contributed by atoms with Gasteiger partial charge < -0.3 is 4.74 Å². The molecule has 0 spiro atoms. The lowest BCUT2D eigenvalue weighted by Crippen LogP contribution is -2.04. The second-order valence-electron chi connectivity index (χ2n) is 7.92. The third-order valence-electron chi connectivity index (χ3n) is 4.26. The molecule has 1 aromatic rings. The molecule has 0 saturated heterocycles. The molecule has 0 aliphatic heterocycles. The summed E-state index contributed by atoms with van der Waals surface area (Å²) < 4.78 is 10.2. The number of hydrogen-bond acceptors (Lipinski definition) is 2. The molecule has 1 rings (SSSR count). The molecule has 0 aromatic carbocycles. The highest BCUT2D eigenvalue weighted by atomic mass is 79.9. The molecule has 0 radical (unpaired) electrons. The van der Waals surface area contributed by atoms with Gasteiger partial charge in [-0.1, -0.05) is 72.1 Å². The standard InChI is InChI=1S/C19H33Br3N2O/c1-19(2,3)13-11-9-7-5-4-6-8-10-12-14-25-15-24-17(21)16(20)23-18(24)22/h4-15H2,1-3H3. The quantitative estimate of drug-likeness (QED) is 0.235. The van der Waals surface area contributed by atoms with E-state index in [1.54, 1.807) is 0 Å². The minimum absolute atomic E-state index is 0.503. The van der Waals surface area contributed by atoms with Crippen LogP contribution in [0, 0.1) is 5.41 Å². The van der Waals surface area contributed by atoms with Crippen molar-refractivity contribution in [3.05, 3.63) is 13.9 Å². The lowest BCUT2D eigenvalue weighted by molar-refractivity contribution is 0.0710. The van der Waals surface area contributed by atoms with Gasteiger partial charge in [-0.05, 0) is 66.0 Å². The van der Waals surface area contributed by atoms with Crippen LogP contribution in [0.4, 0.5) is 0 Å². The predicted molar refractivity (Wildman–Crippen MR) is 117 cm³/mol. The summed E-state index contributed by atoms with van der Waals surface area (Å²) in [6, 6.07) is 0. The third-order valence-corrected chi connectivity index (χ3v) is 6.75. The number of ether oxygens (including phenoxy) is 1. The SMILES string of the molecule is CC(C)(C)CCCCCCCCCCCOCn1c(Br)nc(Br)c1Br. The molecule has 1 aromatic heterocycles. The Morgan fingerprint density at radius 2 is 1.36 bits per heavy atom. The van der Waals surface area contributed by atoms with Crippen molar-refractivity contribution in [2.45, 2.75) is 91.7 Å². The first kappa shape index (κ1) is 23.6. The highest BCUT2D eigenvalue weighted by Crippen LogP contribution is 2.26. The van der Waals surface area contributed by atoms with Gasteiger partial charge in [-0.2, -0.15) is 0 Å². The fourth-order valence-corrected chi connectivity index (χ4v) is 4.42. The van der Waals surface area contributed by atoms with Gasteiger partial charge in [-0.25, -0.2) is 4.98 Å². The Hall–Kier alpha value is 0.610. The summed E-state index contributed by atoms with van der Waals surface area (Å²) in [5.41, 5.74) is 0.503. The maximum Gasteiger partial charge on any atom is 0.181 e. The zero-order chi connectivity index (χ0) is 18.7. The monoisotopic (exact) mass is 542 g/mol. The molecule has 0 saturated carbocycles. The number of rotatable bonds is 13. The molecule has 0 aliphatic carbocycles. The second-order valence-corrected chi connectivity index (χ2v) is 10.1. The van der Waals surface area contributed by atoms with Crippen molar-refractivity contribution in [3.8, 4) is 0 Å². The van der Waals surface area contributed by atoms with E-state index >= 15 is 0 Å². The Balaban J connectivity index is 1.88. The van der Waals surface area contributed by atoms with E-state index in [2.05, 4.69) is 73.5 Å². The van der Waals surface area contributed by atoms with Crippen molar-refractivity contribution < 1.29 is 4.74 Å². The molecular formula is C19H33Br3N2O. The van der Waals surface area contributed by atoms with Crippen molar-refractivity contribution in [2.75, 3.05) is 6.61 Å². The van der Waals surface area contributed by atoms with Crippen LogP contribution in [0.2, 0.25) is 0 Å². The summed E-state index contributed by atoms with van der Waals surface area (Å²) in [7, 11) is 0. The van der Waals surface area contributed by atoms with Crippen LogP contribution in [-0.2, 0) is 11.5 Å². The molecule has 6 heteroatoms. The number of aromatic nitrogens is 2. The number of halogens is 3. The van der Waals surface area contributed by atoms with Crippen molar-refractivity contribution in [2.24, 2.45) is 5.41 Å². The van der Waals surface area contributed by atoms with Crippen molar-refractivity contribution in [1.29, 1.82) is 0 Å². The molecule has 0 unspecified atom stereocenters. The van der Waals surface area contributed by atoms with E-state index in [4.69, 9.17) is 4.74 Å². The van der Waals surface area contributed by atoms with Crippen molar-refractivity contribution >= 4 is 47.8 Å². The molecule has 3 nitrogen and oxygen atoms in total. The topological polar surface area (TPSA) is 27.1 Å². The number of hydrogen-bond donors (Lipinski definition) is 0. The van der Waals surface area contributed by atoms with E-state index in [0.29, 0.717) is 12.1 Å². The predicted octanol–water partition coefficient (Wildman–Crippen LogP) is 8.09. The average molecular weight is 545 g/mol. The Labute approximate surface area is 179 Å². The molecule has 0 amide bonds. The van der Waals surface area contributed by atoms with Gasteiger partial charge in [0.15, 0.2) is 4.73 Å². The first-order valence-electron chi connectivity index (χ1n) is 9.46. The summed E-state index contributed by atoms with van der Waals surface area (Å²) in [5.74, 6) is 0. The van der Waals surface area contributed by atoms with E-state index in [0.717, 1.165) is 27.0 Å². The van der Waals surface area contributed by atoms with Crippen LogP contribution in [0.1, 0.15) is 85.0 Å². The zero-order valence-corrected chi connectivity index (χ0v) is 20.7. The van der Waals surface area contributed by atoms with Gasteiger partial charge in [0.25, 0.3) is 0 Å². The first-order valence-corrected chi connectivity index (χ1v) is 11.8. The Bertz CT molecular complexity index is 484. The minimum Gasteiger partial charge on any atom is -0.361 e. The average Bonchev–Trinajstić information content (AvgIpc) is 2.76. The van der Waals surface area contributed by atoms with Gasteiger partial charge in [-0.3, -0.25) is 4.57 Å². The molecule has 0 bridgehead atoms. The van der Waals surface area contributed by atoms with E-state index in [1.165, 1.54) is 57.8 Å². The highest BCUT2D eigenvalue weighted by Gasteiger charge is 2.10. The van der Waals surface area contributed by atoms with Crippen LogP contribution in [0.3, 0.4) is 0 Å². The van der Waals surface area contributed by atoms with Crippen LogP contribution in [-0.4, -0.2) is 16.2 Å². The molecule has 0 aliphatic rings. The van der Waals surface area contributed by atoms with E-state index < -0.39 is 0 Å². The van der Waals surface area contributed by atoms with E-state index in [1.807, 2.05) is 4.57 Å². The number of nitrogens with zero attached hydrogens (tertiary/aromatic N) is 2. The van der Waals surface area contributed by atoms with Crippen LogP contribution in [0.5, 0.6) is 0 Å². The molecule has 0 N–H and O–H groups in total. The molecule has 146 valence electrons. The summed E-state index contributed by atoms with van der Waals surface area (Å²) in [4.78, 5) is 4.27. The smallest absolute Gasteiger partial charge is 0.181 e. The molecule has 0 atom stereocenters. The van der Waals surface area contributed by atoms with Crippen molar-refractivity contribution in [3.63, 3.8) is 0 Å². The molecule has 1 heterocycles. The van der Waals surface area contributed by atoms with Crippen molar-refractivity contribution in [1.82, 2.24) is 9.55 Å². The van der Waals surface area contributed by atoms with Gasteiger partial charge in [0.2, 0.25) is 0 Å². The Morgan fingerprint density at radius 1 is 0.840 bits per heavy atom. The summed E-state index contributed by atoms with van der Waals surface area (Å²) >= 11 is 10.3. The van der Waals surface area contributed by atoms with Crippen LogP contribution in [0.25, 0.3) is 0 Å². The lowest BCUT2D eigenvalue weighted by atomic mass is 9.89. The summed E-state index contributed by atoms with van der Waals surface area (Å²) in [6.07, 6.45) is 13.4. The number of imidazole rings is 1. The van der Waals surface area contributed by atoms with E-state index in [9.17, 15) is 0 Å². The number of unbranched alkanes of at least 4 members (excludes halogenated alkanes) is 8. The third kappa shape index (κ3) is 11.1. The van der Waals surface area contributed by atoms with Crippen LogP contribution < -0.4 is 0 Å². The maximum absolute atomic E-state index is 5.74. The van der Waals surface area contributed by atoms with Gasteiger partial charge in [0.1, 0.15) is 15.9 Å². The van der Waals surface area contributed by atoms with Crippen LogP contribution >= 0.6 is 47.8 Å². The summed E-state index contributed by atoms with van der Waals surface area (Å²) in [5, 5.41) is 0. The van der Waals surface area contributed by atoms with Gasteiger partial charge >= 0.3 is 0 Å². The van der Waals surface area contributed by atoms with E-state index in [-0.39, 0.29) is 0 Å². The Kier molecular flexibility index (Phi) is 12.2. The minimum atomic E-state index is 0.503. The lowest BCUT2D eigenvalue weighted by Gasteiger charge is -2.17. The fourth-order valence-electron chi connectivity index (χ4n) is 2.74. The van der Waals surface area contributed by atoms with Gasteiger partial charge in [-0.15, -0.1) is 0 Å². The molecule has 25 heavy (non-hydrogen) atoms. The Morgan fingerprint density at radius 3 is 1.84 bits per heavy atom.